The Kier molecular flexibility index (Phi) is 3.35. The van der Waals surface area contributed by atoms with E-state index in [9.17, 15) is 4.79 Å². The van der Waals surface area contributed by atoms with E-state index in [1.54, 1.807) is 19.3 Å². The van der Waals surface area contributed by atoms with Crippen molar-refractivity contribution in [2.45, 2.75) is 19.3 Å². The number of rotatable bonds is 2. The van der Waals surface area contributed by atoms with Gasteiger partial charge in [-0.3, -0.25) is 4.79 Å². The fourth-order valence-corrected chi connectivity index (χ4v) is 3.58. The van der Waals surface area contributed by atoms with Crippen LogP contribution in [0.2, 0.25) is 5.02 Å². The topological polar surface area (TPSA) is 45.2 Å². The molecule has 2 heterocycles. The lowest BCUT2D eigenvalue weighted by Crippen LogP contribution is -2.29. The summed E-state index contributed by atoms with van der Waals surface area (Å²) in [6, 6.07) is 1.71. The Morgan fingerprint density at radius 2 is 2.11 bits per heavy atom. The highest BCUT2D eigenvalue weighted by Gasteiger charge is 2.38. The van der Waals surface area contributed by atoms with Crippen molar-refractivity contribution in [2.75, 3.05) is 25.5 Å². The highest BCUT2D eigenvalue weighted by Crippen LogP contribution is 2.38. The van der Waals surface area contributed by atoms with Crippen molar-refractivity contribution in [1.29, 1.82) is 0 Å². The van der Waals surface area contributed by atoms with Gasteiger partial charge in [-0.15, -0.1) is 0 Å². The monoisotopic (exact) mass is 279 g/mol. The smallest absolute Gasteiger partial charge is 0.255 e. The maximum atomic E-state index is 12.4. The number of nitrogens with zero attached hydrogens (tertiary/aromatic N) is 2. The molecule has 5 heteroatoms. The van der Waals surface area contributed by atoms with Crippen LogP contribution in [-0.2, 0) is 0 Å². The third-order valence-corrected chi connectivity index (χ3v) is 4.63. The summed E-state index contributed by atoms with van der Waals surface area (Å²) in [5.74, 6) is 2.09. The predicted octanol–water partition coefficient (Wildman–Crippen LogP) is 2.65. The molecule has 2 aliphatic rings. The number of amides is 1. The molecule has 1 N–H and O–H groups in total. The van der Waals surface area contributed by atoms with Crippen LogP contribution in [0.1, 0.15) is 29.6 Å². The summed E-state index contributed by atoms with van der Waals surface area (Å²) in [5, 5.41) is 3.39. The van der Waals surface area contributed by atoms with Gasteiger partial charge in [-0.05, 0) is 30.7 Å². The normalized spacial score (nSPS) is 25.5. The van der Waals surface area contributed by atoms with Crippen molar-refractivity contribution in [2.24, 2.45) is 11.8 Å². The molecule has 19 heavy (non-hydrogen) atoms. The summed E-state index contributed by atoms with van der Waals surface area (Å²) in [6.45, 7) is 1.80. The van der Waals surface area contributed by atoms with Crippen LogP contribution in [0, 0.1) is 11.8 Å². The number of pyridine rings is 1. The van der Waals surface area contributed by atoms with Gasteiger partial charge in [-0.25, -0.2) is 4.98 Å². The van der Waals surface area contributed by atoms with Crippen LogP contribution >= 0.6 is 11.6 Å². The van der Waals surface area contributed by atoms with Crippen LogP contribution in [0.25, 0.3) is 0 Å². The van der Waals surface area contributed by atoms with E-state index < -0.39 is 0 Å². The van der Waals surface area contributed by atoms with Gasteiger partial charge < -0.3 is 10.2 Å². The zero-order chi connectivity index (χ0) is 13.4. The molecule has 1 saturated carbocycles. The molecule has 102 valence electrons. The molecule has 1 amide bonds. The van der Waals surface area contributed by atoms with Crippen LogP contribution in [0.4, 0.5) is 5.82 Å². The van der Waals surface area contributed by atoms with Crippen molar-refractivity contribution in [3.8, 4) is 0 Å². The van der Waals surface area contributed by atoms with Crippen LogP contribution in [0.5, 0.6) is 0 Å². The average molecular weight is 280 g/mol. The Hall–Kier alpha value is -1.29. The number of hydrogen-bond acceptors (Lipinski definition) is 3. The average Bonchev–Trinajstić information content (AvgIpc) is 2.98. The molecule has 1 aliphatic carbocycles. The first-order valence-electron chi connectivity index (χ1n) is 6.81. The Morgan fingerprint density at radius 3 is 2.68 bits per heavy atom. The fourth-order valence-electron chi connectivity index (χ4n) is 3.32. The molecule has 0 spiro atoms. The number of anilines is 1. The quantitative estimate of drug-likeness (QED) is 0.905. The lowest BCUT2D eigenvalue weighted by atomic mass is 10.0. The molecule has 0 aromatic carbocycles. The minimum atomic E-state index is 0.0615. The van der Waals surface area contributed by atoms with Crippen molar-refractivity contribution in [3.05, 3.63) is 22.8 Å². The zero-order valence-electron chi connectivity index (χ0n) is 11.0. The first kappa shape index (κ1) is 12.7. The molecule has 2 atom stereocenters. The van der Waals surface area contributed by atoms with E-state index in [4.69, 9.17) is 11.6 Å². The van der Waals surface area contributed by atoms with Gasteiger partial charge >= 0.3 is 0 Å². The number of fused-ring (bicyclic) bond motifs is 1. The highest BCUT2D eigenvalue weighted by atomic mass is 35.5. The van der Waals surface area contributed by atoms with Crippen LogP contribution in [0.15, 0.2) is 12.3 Å². The number of carbonyl (C=O) groups is 1. The number of aromatic nitrogens is 1. The van der Waals surface area contributed by atoms with Crippen LogP contribution < -0.4 is 5.32 Å². The number of likely N-dealkylation sites (tertiary alicyclic amines) is 1. The summed E-state index contributed by atoms with van der Waals surface area (Å²) in [7, 11) is 1.76. The van der Waals surface area contributed by atoms with Gasteiger partial charge in [-0.1, -0.05) is 18.0 Å². The van der Waals surface area contributed by atoms with Gasteiger partial charge in [0.05, 0.1) is 10.6 Å². The molecular formula is C14H18ClN3O. The third-order valence-electron chi connectivity index (χ3n) is 4.34. The lowest BCUT2D eigenvalue weighted by Gasteiger charge is -2.17. The van der Waals surface area contributed by atoms with E-state index in [0.29, 0.717) is 28.2 Å². The number of nitrogens with one attached hydrogen (secondary N) is 1. The molecular weight excluding hydrogens is 262 g/mol. The van der Waals surface area contributed by atoms with Crippen LogP contribution in [0.3, 0.4) is 0 Å². The molecule has 1 aromatic rings. The second-order valence-electron chi connectivity index (χ2n) is 5.47. The summed E-state index contributed by atoms with van der Waals surface area (Å²) in [4.78, 5) is 18.6. The van der Waals surface area contributed by atoms with Crippen molar-refractivity contribution < 1.29 is 4.79 Å². The van der Waals surface area contributed by atoms with Crippen molar-refractivity contribution >= 4 is 23.3 Å². The fraction of sp³-hybridized carbons (Fsp3) is 0.571. The van der Waals surface area contributed by atoms with E-state index in [2.05, 4.69) is 10.3 Å². The van der Waals surface area contributed by atoms with Crippen molar-refractivity contribution in [3.63, 3.8) is 0 Å². The second-order valence-corrected chi connectivity index (χ2v) is 5.87. The molecule has 2 unspecified atom stereocenters. The molecule has 1 saturated heterocycles. The molecule has 4 nitrogen and oxygen atoms in total. The standard InChI is InChI=1S/C14H18ClN3O/c1-16-13-12(15)5-11(6-17-13)14(19)18-7-9-3-2-4-10(9)8-18/h5-6,9-10H,2-4,7-8H2,1H3,(H,16,17). The largest absolute Gasteiger partial charge is 0.372 e. The van der Waals surface area contributed by atoms with Gasteiger partial charge in [0.2, 0.25) is 0 Å². The van der Waals surface area contributed by atoms with Crippen LogP contribution in [-0.4, -0.2) is 35.9 Å². The highest BCUT2D eigenvalue weighted by molar-refractivity contribution is 6.33. The maximum Gasteiger partial charge on any atom is 0.255 e. The summed E-state index contributed by atoms with van der Waals surface area (Å²) >= 11 is 6.08. The first-order valence-corrected chi connectivity index (χ1v) is 7.19. The van der Waals surface area contributed by atoms with E-state index in [1.807, 2.05) is 4.90 Å². The minimum absolute atomic E-state index is 0.0615. The Bertz CT molecular complexity index is 493. The summed E-state index contributed by atoms with van der Waals surface area (Å²) < 4.78 is 0. The summed E-state index contributed by atoms with van der Waals surface area (Å²) in [6.07, 6.45) is 5.47. The van der Waals surface area contributed by atoms with E-state index in [1.165, 1.54) is 19.3 Å². The molecule has 2 fully saturated rings. The number of carbonyl (C=O) groups excluding carboxylic acids is 1. The first-order chi connectivity index (χ1) is 9.19. The van der Waals surface area contributed by atoms with Crippen molar-refractivity contribution in [1.82, 2.24) is 9.88 Å². The Morgan fingerprint density at radius 1 is 1.42 bits per heavy atom. The lowest BCUT2D eigenvalue weighted by molar-refractivity contribution is 0.0780. The second kappa shape index (κ2) is 5.00. The number of halogens is 1. The van der Waals surface area contributed by atoms with E-state index in [-0.39, 0.29) is 5.91 Å². The van der Waals surface area contributed by atoms with E-state index in [0.717, 1.165) is 13.1 Å². The summed E-state index contributed by atoms with van der Waals surface area (Å²) in [5.41, 5.74) is 0.587. The van der Waals surface area contributed by atoms with Gasteiger partial charge in [0.1, 0.15) is 5.82 Å². The van der Waals surface area contributed by atoms with Gasteiger partial charge in [0, 0.05) is 26.3 Å². The molecule has 3 rings (SSSR count). The third kappa shape index (κ3) is 2.29. The maximum absolute atomic E-state index is 12.4. The van der Waals surface area contributed by atoms with Gasteiger partial charge in [-0.2, -0.15) is 0 Å². The van der Waals surface area contributed by atoms with Gasteiger partial charge in [0.15, 0.2) is 0 Å². The Balaban J connectivity index is 1.75. The molecule has 1 aromatic heterocycles. The zero-order valence-corrected chi connectivity index (χ0v) is 11.8. The molecule has 1 aliphatic heterocycles. The minimum Gasteiger partial charge on any atom is -0.372 e. The molecule has 0 bridgehead atoms. The number of hydrogen-bond donors (Lipinski definition) is 1. The predicted molar refractivity (Wildman–Crippen MR) is 75.5 cm³/mol. The SMILES string of the molecule is CNc1ncc(C(=O)N2CC3CCCC3C2)cc1Cl. The van der Waals surface area contributed by atoms with E-state index >= 15 is 0 Å². The van der Waals surface area contributed by atoms with Gasteiger partial charge in [0.25, 0.3) is 5.91 Å². The molecule has 0 radical (unpaired) electrons. The Labute approximate surface area is 118 Å².